The van der Waals surface area contributed by atoms with Gasteiger partial charge < -0.3 is 0 Å². The van der Waals surface area contributed by atoms with Gasteiger partial charge in [-0.1, -0.05) is 36.4 Å². The Morgan fingerprint density at radius 1 is 0.935 bits per heavy atom. The van der Waals surface area contributed by atoms with E-state index in [0.29, 0.717) is 11.4 Å². The summed E-state index contributed by atoms with van der Waals surface area (Å²) in [7, 11) is -3.62. The van der Waals surface area contributed by atoms with E-state index in [1.165, 1.54) is 11.3 Å². The van der Waals surface area contributed by atoms with E-state index >= 15 is 0 Å². The van der Waals surface area contributed by atoms with E-state index < -0.39 is 10.0 Å². The minimum Gasteiger partial charge on any atom is -0.267 e. The third-order valence-electron chi connectivity index (χ3n) is 5.87. The lowest BCUT2D eigenvalue weighted by Gasteiger charge is -2.15. The maximum Gasteiger partial charge on any atom is 0.241 e. The second-order valence-corrected chi connectivity index (χ2v) is 9.55. The normalized spacial score (nSPS) is 13.9. The van der Waals surface area contributed by atoms with E-state index in [2.05, 4.69) is 9.71 Å². The monoisotopic (exact) mass is 432 g/mol. The van der Waals surface area contributed by atoms with Crippen LogP contribution in [-0.4, -0.2) is 29.7 Å². The first-order valence-electron chi connectivity index (χ1n) is 10.6. The Hall–Kier alpha value is -3.03. The predicted molar refractivity (Wildman–Crippen MR) is 121 cm³/mol. The molecule has 7 heteroatoms. The standard InChI is InChI=1S/C24H24N4O2S/c29-31(30,23-11-5-7-18-6-1-2-8-20(18)23)26-16-17-28-22-10-4-3-9-21(22)24(27-28)19-12-14-25-15-13-19/h1-2,5-8,11-15,26H,3-4,9-10,16-17H2. The highest BCUT2D eigenvalue weighted by Crippen LogP contribution is 2.31. The summed E-state index contributed by atoms with van der Waals surface area (Å²) >= 11 is 0. The first kappa shape index (κ1) is 19.9. The zero-order valence-electron chi connectivity index (χ0n) is 17.2. The quantitative estimate of drug-likeness (QED) is 0.500. The highest BCUT2D eigenvalue weighted by molar-refractivity contribution is 7.89. The molecule has 0 aliphatic heterocycles. The number of sulfonamides is 1. The summed E-state index contributed by atoms with van der Waals surface area (Å²) in [5.41, 5.74) is 4.56. The summed E-state index contributed by atoms with van der Waals surface area (Å²) in [4.78, 5) is 4.42. The molecule has 0 unspecified atom stereocenters. The second kappa shape index (κ2) is 8.24. The summed E-state index contributed by atoms with van der Waals surface area (Å²) in [6.45, 7) is 0.785. The molecule has 4 aromatic rings. The van der Waals surface area contributed by atoms with Crippen molar-refractivity contribution >= 4 is 20.8 Å². The Bertz CT molecular complexity index is 1330. The van der Waals surface area contributed by atoms with Crippen molar-refractivity contribution in [2.75, 3.05) is 6.54 Å². The lowest BCUT2D eigenvalue weighted by atomic mass is 9.94. The Kier molecular flexibility index (Phi) is 5.29. The molecule has 0 radical (unpaired) electrons. The van der Waals surface area contributed by atoms with E-state index in [1.807, 2.05) is 47.1 Å². The Labute approximate surface area is 182 Å². The first-order chi connectivity index (χ1) is 15.1. The molecular weight excluding hydrogens is 408 g/mol. The topological polar surface area (TPSA) is 76.9 Å². The molecule has 31 heavy (non-hydrogen) atoms. The SMILES string of the molecule is O=S(=O)(NCCn1nc(-c2ccncc2)c2c1CCCC2)c1cccc2ccccc12. The molecule has 0 saturated carbocycles. The summed E-state index contributed by atoms with van der Waals surface area (Å²) in [5, 5.41) is 6.50. The Balaban J connectivity index is 1.39. The van der Waals surface area contributed by atoms with Gasteiger partial charge in [0.25, 0.3) is 0 Å². The summed E-state index contributed by atoms with van der Waals surface area (Å²) < 4.78 is 30.8. The van der Waals surface area contributed by atoms with Gasteiger partial charge in [0.15, 0.2) is 0 Å². The first-order valence-corrected chi connectivity index (χ1v) is 12.1. The number of nitrogens with one attached hydrogen (secondary N) is 1. The van der Waals surface area contributed by atoms with Gasteiger partial charge in [-0.2, -0.15) is 5.10 Å². The van der Waals surface area contributed by atoms with E-state index in [-0.39, 0.29) is 6.54 Å². The van der Waals surface area contributed by atoms with Crippen LogP contribution in [0.25, 0.3) is 22.0 Å². The predicted octanol–water partition coefficient (Wildman–Crippen LogP) is 3.96. The maximum atomic E-state index is 13.0. The van der Waals surface area contributed by atoms with Gasteiger partial charge in [-0.3, -0.25) is 9.67 Å². The molecular formula is C24H24N4O2S. The van der Waals surface area contributed by atoms with Crippen LogP contribution in [0.15, 0.2) is 71.9 Å². The lowest BCUT2D eigenvalue weighted by Crippen LogP contribution is -2.28. The third kappa shape index (κ3) is 3.86. The smallest absolute Gasteiger partial charge is 0.241 e. The molecule has 0 spiro atoms. The van der Waals surface area contributed by atoms with Crippen molar-refractivity contribution in [2.24, 2.45) is 0 Å². The molecule has 1 aliphatic carbocycles. The molecule has 2 heterocycles. The van der Waals surface area contributed by atoms with Crippen LogP contribution >= 0.6 is 0 Å². The van der Waals surface area contributed by atoms with Crippen molar-refractivity contribution in [1.82, 2.24) is 19.5 Å². The van der Waals surface area contributed by atoms with Crippen molar-refractivity contribution < 1.29 is 8.42 Å². The molecule has 158 valence electrons. The maximum absolute atomic E-state index is 13.0. The van der Waals surface area contributed by atoms with Crippen LogP contribution in [0.3, 0.4) is 0 Å². The number of hydrogen-bond acceptors (Lipinski definition) is 4. The van der Waals surface area contributed by atoms with Crippen molar-refractivity contribution in [1.29, 1.82) is 0 Å². The highest BCUT2D eigenvalue weighted by Gasteiger charge is 2.22. The van der Waals surface area contributed by atoms with Crippen molar-refractivity contribution in [2.45, 2.75) is 37.1 Å². The largest absolute Gasteiger partial charge is 0.267 e. The molecule has 2 aromatic heterocycles. The average molecular weight is 433 g/mol. The van der Waals surface area contributed by atoms with Gasteiger partial charge in [0.05, 0.1) is 17.1 Å². The van der Waals surface area contributed by atoms with E-state index in [9.17, 15) is 8.42 Å². The molecule has 1 aliphatic rings. The molecule has 5 rings (SSSR count). The third-order valence-corrected chi connectivity index (χ3v) is 7.38. The second-order valence-electron chi connectivity index (χ2n) is 7.82. The Morgan fingerprint density at radius 3 is 2.58 bits per heavy atom. The molecule has 0 amide bonds. The van der Waals surface area contributed by atoms with Crippen molar-refractivity contribution in [3.05, 3.63) is 78.2 Å². The summed E-state index contributed by atoms with van der Waals surface area (Å²) in [5.74, 6) is 0. The average Bonchev–Trinajstić information content (AvgIpc) is 3.18. The summed E-state index contributed by atoms with van der Waals surface area (Å²) in [6, 6.07) is 16.8. The van der Waals surface area contributed by atoms with Crippen LogP contribution in [-0.2, 0) is 29.4 Å². The fourth-order valence-electron chi connectivity index (χ4n) is 4.39. The molecule has 0 bridgehead atoms. The zero-order chi connectivity index (χ0) is 21.3. The van der Waals surface area contributed by atoms with Crippen LogP contribution in [0.5, 0.6) is 0 Å². The number of fused-ring (bicyclic) bond motifs is 2. The lowest BCUT2D eigenvalue weighted by molar-refractivity contribution is 0.539. The van der Waals surface area contributed by atoms with Gasteiger partial charge in [0.1, 0.15) is 0 Å². The van der Waals surface area contributed by atoms with Gasteiger partial charge >= 0.3 is 0 Å². The van der Waals surface area contributed by atoms with Gasteiger partial charge in [-0.15, -0.1) is 0 Å². The van der Waals surface area contributed by atoms with Gasteiger partial charge in [-0.25, -0.2) is 13.1 Å². The van der Waals surface area contributed by atoms with Crippen LogP contribution in [0.4, 0.5) is 0 Å². The van der Waals surface area contributed by atoms with Crippen LogP contribution < -0.4 is 4.72 Å². The molecule has 2 aromatic carbocycles. The van der Waals surface area contributed by atoms with Crippen LogP contribution in [0, 0.1) is 0 Å². The van der Waals surface area contributed by atoms with Crippen LogP contribution in [0.1, 0.15) is 24.1 Å². The molecule has 0 fully saturated rings. The Morgan fingerprint density at radius 2 is 1.71 bits per heavy atom. The zero-order valence-corrected chi connectivity index (χ0v) is 18.0. The number of pyridine rings is 1. The van der Waals surface area contributed by atoms with Crippen molar-refractivity contribution in [3.63, 3.8) is 0 Å². The minimum absolute atomic E-state index is 0.287. The minimum atomic E-state index is -3.62. The number of aromatic nitrogens is 3. The molecule has 1 N–H and O–H groups in total. The fourth-order valence-corrected chi connectivity index (χ4v) is 5.64. The molecule has 6 nitrogen and oxygen atoms in total. The van der Waals surface area contributed by atoms with Gasteiger partial charge in [-0.05, 0) is 49.3 Å². The number of hydrogen-bond donors (Lipinski definition) is 1. The molecule has 0 saturated heterocycles. The number of rotatable bonds is 6. The fraction of sp³-hybridized carbons (Fsp3) is 0.250. The van der Waals surface area contributed by atoms with Gasteiger partial charge in [0, 0.05) is 41.1 Å². The highest BCUT2D eigenvalue weighted by atomic mass is 32.2. The van der Waals surface area contributed by atoms with E-state index in [0.717, 1.165) is 47.7 Å². The van der Waals surface area contributed by atoms with Crippen molar-refractivity contribution in [3.8, 4) is 11.3 Å². The molecule has 0 atom stereocenters. The number of benzene rings is 2. The van der Waals surface area contributed by atoms with Crippen LogP contribution in [0.2, 0.25) is 0 Å². The van der Waals surface area contributed by atoms with E-state index in [1.54, 1.807) is 24.5 Å². The summed E-state index contributed by atoms with van der Waals surface area (Å²) in [6.07, 6.45) is 7.84. The van der Waals surface area contributed by atoms with E-state index in [4.69, 9.17) is 5.10 Å². The number of nitrogens with zero attached hydrogens (tertiary/aromatic N) is 3. The van der Waals surface area contributed by atoms with Gasteiger partial charge in [0.2, 0.25) is 10.0 Å².